The summed E-state index contributed by atoms with van der Waals surface area (Å²) in [5.74, 6) is 3.76. The predicted molar refractivity (Wildman–Crippen MR) is 159 cm³/mol. The van der Waals surface area contributed by atoms with Crippen LogP contribution in [0.2, 0.25) is 0 Å². The van der Waals surface area contributed by atoms with Gasteiger partial charge in [0.1, 0.15) is 17.2 Å². The average Bonchev–Trinajstić information content (AvgIpc) is 2.78. The molecule has 0 saturated carbocycles. The first-order chi connectivity index (χ1) is 17.4. The van der Waals surface area contributed by atoms with Crippen LogP contribution in [0.1, 0.15) is 93.4 Å². The van der Waals surface area contributed by atoms with E-state index in [0.717, 1.165) is 47.0 Å². The number of ether oxygens (including phenoxy) is 3. The van der Waals surface area contributed by atoms with Gasteiger partial charge in [-0.1, -0.05) is 47.6 Å². The minimum Gasteiger partial charge on any atom is -0.493 e. The van der Waals surface area contributed by atoms with E-state index in [0.29, 0.717) is 49.1 Å². The van der Waals surface area contributed by atoms with Gasteiger partial charge in [0, 0.05) is 17.7 Å². The molecule has 0 saturated heterocycles. The number of hydrogen-bond acceptors (Lipinski definition) is 4. The zero-order valence-corrected chi connectivity index (χ0v) is 26.8. The van der Waals surface area contributed by atoms with Crippen LogP contribution in [0.25, 0.3) is 0 Å². The van der Waals surface area contributed by atoms with Gasteiger partial charge in [-0.05, 0) is 95.5 Å². The zero-order valence-electron chi connectivity index (χ0n) is 25.8. The second kappa shape index (κ2) is 16.6. The quantitative estimate of drug-likeness (QED) is 0.228. The van der Waals surface area contributed by atoms with E-state index in [1.54, 1.807) is 0 Å². The third kappa shape index (κ3) is 10.6. The second-order valence-electron chi connectivity index (χ2n) is 11.5. The summed E-state index contributed by atoms with van der Waals surface area (Å²) in [5.41, 5.74) is 5.42. The van der Waals surface area contributed by atoms with Crippen molar-refractivity contribution in [2.45, 2.75) is 88.5 Å². The summed E-state index contributed by atoms with van der Waals surface area (Å²) < 4.78 is 18.8. The van der Waals surface area contributed by atoms with E-state index in [9.17, 15) is 4.79 Å². The van der Waals surface area contributed by atoms with Crippen LogP contribution in [0.3, 0.4) is 0 Å². The molecule has 0 heterocycles. The molecule has 206 valence electrons. The van der Waals surface area contributed by atoms with Gasteiger partial charge in [-0.15, -0.1) is 0 Å². The number of carbonyl (C=O) groups excluding carboxylic acids is 1. The van der Waals surface area contributed by atoms with Crippen LogP contribution < -0.4 is 38.4 Å². The van der Waals surface area contributed by atoms with Crippen LogP contribution >= 0.6 is 8.58 Å². The molecule has 0 spiro atoms. The first-order valence-corrected chi connectivity index (χ1v) is 14.9. The van der Waals surface area contributed by atoms with Crippen LogP contribution in [0.4, 0.5) is 0 Å². The van der Waals surface area contributed by atoms with Crippen LogP contribution in [0.15, 0.2) is 18.2 Å². The van der Waals surface area contributed by atoms with Gasteiger partial charge in [0.05, 0.1) is 25.1 Å². The summed E-state index contributed by atoms with van der Waals surface area (Å²) >= 11 is 0. The number of aryl methyl sites for hydroxylation is 2. The number of carbonyl (C=O) groups is 1. The van der Waals surface area contributed by atoms with Crippen molar-refractivity contribution in [3.05, 3.63) is 46.0 Å². The Morgan fingerprint density at radius 2 is 1.13 bits per heavy atom. The monoisotopic (exact) mass is 535 g/mol. The van der Waals surface area contributed by atoms with Crippen molar-refractivity contribution in [2.24, 2.45) is 17.8 Å². The largest absolute Gasteiger partial charge is 1.00 e. The van der Waals surface area contributed by atoms with Crippen molar-refractivity contribution in [1.29, 1.82) is 0 Å². The molecule has 1 atom stereocenters. The molecule has 0 amide bonds. The third-order valence-corrected chi connectivity index (χ3v) is 7.95. The summed E-state index contributed by atoms with van der Waals surface area (Å²) in [6, 6.07) is 6.02. The van der Waals surface area contributed by atoms with Gasteiger partial charge in [0.25, 0.3) is 0 Å². The summed E-state index contributed by atoms with van der Waals surface area (Å²) in [6.07, 6.45) is 2.85. The fourth-order valence-corrected chi connectivity index (χ4v) is 5.30. The summed E-state index contributed by atoms with van der Waals surface area (Å²) in [5, 5.41) is 0.839. The van der Waals surface area contributed by atoms with Gasteiger partial charge in [-0.25, -0.2) is 0 Å². The molecule has 1 unspecified atom stereocenters. The zero-order chi connectivity index (χ0) is 27.7. The van der Waals surface area contributed by atoms with Crippen LogP contribution in [0, 0.1) is 45.4 Å². The van der Waals surface area contributed by atoms with Crippen molar-refractivity contribution >= 4 is 19.4 Å². The van der Waals surface area contributed by atoms with Crippen molar-refractivity contribution in [3.63, 3.8) is 0 Å². The Balaban J connectivity index is 0.00000722. The molecule has 2 aromatic rings. The smallest absolute Gasteiger partial charge is 0.493 e. The summed E-state index contributed by atoms with van der Waals surface area (Å²) in [6.45, 7) is 23.2. The van der Waals surface area contributed by atoms with E-state index in [1.807, 2.05) is 19.1 Å². The molecule has 0 radical (unpaired) electrons. The van der Waals surface area contributed by atoms with Gasteiger partial charge in [-0.3, -0.25) is 4.79 Å². The molecule has 0 aromatic heterocycles. The van der Waals surface area contributed by atoms with Crippen molar-refractivity contribution in [3.8, 4) is 17.2 Å². The molecule has 0 aliphatic rings. The van der Waals surface area contributed by atoms with E-state index in [2.05, 4.69) is 68.4 Å². The van der Waals surface area contributed by atoms with Crippen LogP contribution in [0.5, 0.6) is 17.2 Å². The van der Waals surface area contributed by atoms with Gasteiger partial charge in [0.15, 0.2) is 5.52 Å². The average molecular weight is 536 g/mol. The van der Waals surface area contributed by atoms with Crippen molar-refractivity contribution < 1.29 is 37.9 Å². The second-order valence-corrected chi connectivity index (χ2v) is 12.7. The number of benzene rings is 2. The minimum absolute atomic E-state index is 0. The van der Waals surface area contributed by atoms with E-state index in [1.165, 1.54) is 11.1 Å². The predicted octanol–water partition coefficient (Wildman–Crippen LogP) is 5.34. The molecule has 4 nitrogen and oxygen atoms in total. The molecule has 0 aliphatic carbocycles. The van der Waals surface area contributed by atoms with E-state index in [4.69, 9.17) is 14.2 Å². The summed E-state index contributed by atoms with van der Waals surface area (Å²) in [7, 11) is -0.0989. The van der Waals surface area contributed by atoms with E-state index >= 15 is 0 Å². The van der Waals surface area contributed by atoms with Crippen molar-refractivity contribution in [1.82, 2.24) is 0 Å². The van der Waals surface area contributed by atoms with Gasteiger partial charge < -0.3 is 14.2 Å². The molecule has 38 heavy (non-hydrogen) atoms. The molecule has 0 N–H and O–H groups in total. The van der Waals surface area contributed by atoms with Gasteiger partial charge in [0.2, 0.25) is 0 Å². The fourth-order valence-electron chi connectivity index (χ4n) is 4.03. The summed E-state index contributed by atoms with van der Waals surface area (Å²) in [4.78, 5) is 13.8. The number of rotatable bonds is 15. The number of hydrogen-bond donors (Lipinski definition) is 0. The Morgan fingerprint density at radius 3 is 1.58 bits per heavy atom. The molecular formula is C32H49LiO4P+. The Kier molecular flexibility index (Phi) is 15.1. The van der Waals surface area contributed by atoms with Crippen molar-refractivity contribution in [2.75, 3.05) is 19.8 Å². The van der Waals surface area contributed by atoms with Gasteiger partial charge >= 0.3 is 18.9 Å². The Bertz CT molecular complexity index is 1010. The molecule has 6 heteroatoms. The maximum atomic E-state index is 13.8. The third-order valence-electron chi connectivity index (χ3n) is 6.73. The molecule has 2 rings (SSSR count). The maximum absolute atomic E-state index is 13.8. The normalized spacial score (nSPS) is 11.5. The Labute approximate surface area is 246 Å². The Hall–Kier alpha value is -1.46. The molecule has 0 aliphatic heterocycles. The molecular weight excluding hydrogens is 486 g/mol. The van der Waals surface area contributed by atoms with Crippen LogP contribution in [-0.4, -0.2) is 25.3 Å². The molecule has 0 bridgehead atoms. The molecule has 2 aromatic carbocycles. The SMILES string of the molecule is Cc1cc(C)c(C(=O)Pc2c(OCCC(C)C)cc(OCCC(C)C)cc2OCCC(C)C)c(C)c1C.[Li+]. The van der Waals surface area contributed by atoms with Gasteiger partial charge in [-0.2, -0.15) is 0 Å². The maximum Gasteiger partial charge on any atom is 1.00 e. The first kappa shape index (κ1) is 34.6. The fraction of sp³-hybridized carbons (Fsp3) is 0.594. The standard InChI is InChI=1S/C32H49O4P.Li/c1-20(2)11-14-34-27-18-28(35-15-12-21(3)4)31(29(19-27)36-16-13-22(5)6)37-32(33)30-24(8)17-23(7)25(9)26(30)10;/h17-22,37H,11-16H2,1-10H3;/q;+1. The van der Waals surface area contributed by atoms with Crippen LogP contribution in [-0.2, 0) is 0 Å². The molecule has 0 fully saturated rings. The van der Waals surface area contributed by atoms with E-state index in [-0.39, 0.29) is 33.0 Å². The Morgan fingerprint density at radius 1 is 0.684 bits per heavy atom. The first-order valence-electron chi connectivity index (χ1n) is 13.9. The minimum atomic E-state index is -0.0989. The topological polar surface area (TPSA) is 44.8 Å². The van der Waals surface area contributed by atoms with E-state index < -0.39 is 0 Å².